The van der Waals surface area contributed by atoms with Crippen LogP contribution in [0, 0.1) is 13.8 Å². The number of halogens is 1. The van der Waals surface area contributed by atoms with Gasteiger partial charge in [-0.3, -0.25) is 14.6 Å². The average molecular weight is 571 g/mol. The van der Waals surface area contributed by atoms with Crippen molar-refractivity contribution in [3.05, 3.63) is 46.8 Å². The van der Waals surface area contributed by atoms with Crippen molar-refractivity contribution >= 4 is 29.9 Å². The normalized spacial score (nSPS) is 15.6. The van der Waals surface area contributed by atoms with E-state index in [0.29, 0.717) is 13.2 Å². The number of ether oxygens (including phenoxy) is 2. The molecule has 1 fully saturated rings. The Bertz CT molecular complexity index is 895. The Morgan fingerprint density at radius 1 is 1.27 bits per heavy atom. The van der Waals surface area contributed by atoms with Gasteiger partial charge in [0.15, 0.2) is 5.96 Å². The summed E-state index contributed by atoms with van der Waals surface area (Å²) in [7, 11) is 3.79. The fraction of sp³-hybridized carbons (Fsp3) is 0.583. The fourth-order valence-corrected chi connectivity index (χ4v) is 3.95. The summed E-state index contributed by atoms with van der Waals surface area (Å²) < 4.78 is 13.3. The third kappa shape index (κ3) is 8.46. The predicted octanol–water partition coefficient (Wildman–Crippen LogP) is 2.66. The van der Waals surface area contributed by atoms with E-state index in [2.05, 4.69) is 58.5 Å². The third-order valence-electron chi connectivity index (χ3n) is 5.91. The molecule has 1 aliphatic rings. The zero-order valence-electron chi connectivity index (χ0n) is 20.6. The van der Waals surface area contributed by atoms with E-state index in [9.17, 15) is 0 Å². The number of aryl methyl sites for hydroxylation is 2. The Kier molecular flexibility index (Phi) is 11.4. The van der Waals surface area contributed by atoms with Gasteiger partial charge in [-0.1, -0.05) is 12.1 Å². The highest BCUT2D eigenvalue weighted by molar-refractivity contribution is 14.0. The molecule has 1 aromatic carbocycles. The lowest BCUT2D eigenvalue weighted by Gasteiger charge is -2.26. The van der Waals surface area contributed by atoms with Gasteiger partial charge in [0.2, 0.25) is 0 Å². The average Bonchev–Trinajstić information content (AvgIpc) is 3.03. The molecule has 33 heavy (non-hydrogen) atoms. The van der Waals surface area contributed by atoms with Crippen molar-refractivity contribution in [3.8, 4) is 5.75 Å². The minimum atomic E-state index is 0. The number of aliphatic imine (C=N–C) groups is 1. The second kappa shape index (κ2) is 13.8. The molecule has 1 aromatic heterocycles. The van der Waals surface area contributed by atoms with Crippen LogP contribution in [0.15, 0.2) is 29.3 Å². The van der Waals surface area contributed by atoms with Crippen molar-refractivity contribution in [2.45, 2.75) is 39.8 Å². The number of guanidine groups is 1. The molecule has 9 heteroatoms. The minimum absolute atomic E-state index is 0. The van der Waals surface area contributed by atoms with Crippen LogP contribution in [-0.4, -0.2) is 73.2 Å². The first-order chi connectivity index (χ1) is 15.5. The number of morpholine rings is 1. The van der Waals surface area contributed by atoms with Gasteiger partial charge in [0.05, 0.1) is 18.9 Å². The number of rotatable bonds is 9. The SMILES string of the molecule is CN=C(NCc1cccc(OCCN2CCOCC2)c1)NC(C)Cc1c(C)nn(C)c1C.I. The van der Waals surface area contributed by atoms with Crippen molar-refractivity contribution in [2.75, 3.05) is 46.5 Å². The maximum atomic E-state index is 5.97. The predicted molar refractivity (Wildman–Crippen MR) is 144 cm³/mol. The van der Waals surface area contributed by atoms with E-state index in [4.69, 9.17) is 9.47 Å². The Hall–Kier alpha value is -1.85. The number of hydrogen-bond acceptors (Lipinski definition) is 5. The second-order valence-electron chi connectivity index (χ2n) is 8.40. The van der Waals surface area contributed by atoms with E-state index in [1.165, 1.54) is 11.3 Å². The van der Waals surface area contributed by atoms with Gasteiger partial charge in [0.1, 0.15) is 12.4 Å². The molecule has 0 spiro atoms. The first-order valence-corrected chi connectivity index (χ1v) is 11.4. The lowest BCUT2D eigenvalue weighted by atomic mass is 10.1. The van der Waals surface area contributed by atoms with Crippen LogP contribution in [-0.2, 0) is 24.8 Å². The number of hydrogen-bond donors (Lipinski definition) is 2. The van der Waals surface area contributed by atoms with Gasteiger partial charge in [0, 0.05) is 52.0 Å². The monoisotopic (exact) mass is 570 g/mol. The first kappa shape index (κ1) is 27.4. The van der Waals surface area contributed by atoms with Crippen LogP contribution in [0.25, 0.3) is 0 Å². The van der Waals surface area contributed by atoms with Crippen LogP contribution in [0.1, 0.15) is 29.4 Å². The first-order valence-electron chi connectivity index (χ1n) is 11.4. The second-order valence-corrected chi connectivity index (χ2v) is 8.40. The highest BCUT2D eigenvalue weighted by Crippen LogP contribution is 2.15. The molecule has 0 radical (unpaired) electrons. The van der Waals surface area contributed by atoms with Gasteiger partial charge >= 0.3 is 0 Å². The van der Waals surface area contributed by atoms with E-state index in [1.807, 2.05) is 23.9 Å². The highest BCUT2D eigenvalue weighted by Gasteiger charge is 2.14. The van der Waals surface area contributed by atoms with E-state index < -0.39 is 0 Å². The van der Waals surface area contributed by atoms with Crippen LogP contribution < -0.4 is 15.4 Å². The van der Waals surface area contributed by atoms with Gasteiger partial charge in [0.25, 0.3) is 0 Å². The molecule has 184 valence electrons. The van der Waals surface area contributed by atoms with Gasteiger partial charge < -0.3 is 20.1 Å². The summed E-state index contributed by atoms with van der Waals surface area (Å²) in [5.74, 6) is 1.69. The highest BCUT2D eigenvalue weighted by atomic mass is 127. The molecule has 2 aromatic rings. The van der Waals surface area contributed by atoms with Crippen molar-refractivity contribution in [3.63, 3.8) is 0 Å². The standard InChI is InChI=1S/C24H38N6O2.HI/c1-18(15-23-19(2)28-29(5)20(23)3)27-24(25-4)26-17-21-7-6-8-22(16-21)32-14-11-30-9-12-31-13-10-30;/h6-8,16,18H,9-15,17H2,1-5H3,(H2,25,26,27);1H. The molecule has 1 unspecified atom stereocenters. The summed E-state index contributed by atoms with van der Waals surface area (Å²) in [5, 5.41) is 11.4. The molecule has 1 atom stereocenters. The molecule has 0 saturated carbocycles. The summed E-state index contributed by atoms with van der Waals surface area (Å²) in [4.78, 5) is 6.76. The summed E-state index contributed by atoms with van der Waals surface area (Å²) in [6.45, 7) is 12.2. The fourth-order valence-electron chi connectivity index (χ4n) is 3.95. The van der Waals surface area contributed by atoms with Crippen molar-refractivity contribution < 1.29 is 9.47 Å². The molecule has 3 rings (SSSR count). The zero-order chi connectivity index (χ0) is 22.9. The number of nitrogens with zero attached hydrogens (tertiary/aromatic N) is 4. The van der Waals surface area contributed by atoms with Gasteiger partial charge in [-0.25, -0.2) is 0 Å². The Morgan fingerprint density at radius 3 is 2.70 bits per heavy atom. The number of benzene rings is 1. The van der Waals surface area contributed by atoms with E-state index >= 15 is 0 Å². The maximum absolute atomic E-state index is 5.97. The minimum Gasteiger partial charge on any atom is -0.492 e. The Balaban J connectivity index is 0.00000385. The lowest BCUT2D eigenvalue weighted by molar-refractivity contribution is 0.0322. The quantitative estimate of drug-likeness (QED) is 0.275. The van der Waals surface area contributed by atoms with Crippen molar-refractivity contribution in [1.29, 1.82) is 0 Å². The summed E-state index contributed by atoms with van der Waals surface area (Å²) >= 11 is 0. The van der Waals surface area contributed by atoms with Crippen LogP contribution in [0.4, 0.5) is 0 Å². The Morgan fingerprint density at radius 2 is 2.03 bits per heavy atom. The van der Waals surface area contributed by atoms with Gasteiger partial charge in [-0.2, -0.15) is 5.10 Å². The molecule has 8 nitrogen and oxygen atoms in total. The number of aromatic nitrogens is 2. The molecule has 2 heterocycles. The molecular formula is C24H39IN6O2. The topological polar surface area (TPSA) is 75.9 Å². The molecular weight excluding hydrogens is 531 g/mol. The van der Waals surface area contributed by atoms with Gasteiger partial charge in [-0.05, 0) is 50.5 Å². The van der Waals surface area contributed by atoms with Crippen LogP contribution >= 0.6 is 24.0 Å². The van der Waals surface area contributed by atoms with E-state index in [1.54, 1.807) is 7.05 Å². The molecule has 0 bridgehead atoms. The summed E-state index contributed by atoms with van der Waals surface area (Å²) in [6, 6.07) is 8.47. The van der Waals surface area contributed by atoms with Crippen LogP contribution in [0.3, 0.4) is 0 Å². The molecule has 1 saturated heterocycles. The third-order valence-corrected chi connectivity index (χ3v) is 5.91. The molecule has 0 amide bonds. The van der Waals surface area contributed by atoms with Crippen molar-refractivity contribution in [1.82, 2.24) is 25.3 Å². The van der Waals surface area contributed by atoms with E-state index in [0.717, 1.165) is 62.2 Å². The van der Waals surface area contributed by atoms with E-state index in [-0.39, 0.29) is 30.0 Å². The lowest BCUT2D eigenvalue weighted by Crippen LogP contribution is -2.42. The summed E-state index contributed by atoms with van der Waals surface area (Å²) in [5.41, 5.74) is 4.75. The molecule has 2 N–H and O–H groups in total. The number of nitrogens with one attached hydrogen (secondary N) is 2. The largest absolute Gasteiger partial charge is 0.492 e. The van der Waals surface area contributed by atoms with Crippen LogP contribution in [0.2, 0.25) is 0 Å². The Labute approximate surface area is 215 Å². The van der Waals surface area contributed by atoms with Crippen LogP contribution in [0.5, 0.6) is 5.75 Å². The van der Waals surface area contributed by atoms with Gasteiger partial charge in [-0.15, -0.1) is 24.0 Å². The molecule has 0 aliphatic carbocycles. The smallest absolute Gasteiger partial charge is 0.191 e. The van der Waals surface area contributed by atoms with Crippen molar-refractivity contribution in [2.24, 2.45) is 12.0 Å². The maximum Gasteiger partial charge on any atom is 0.191 e. The summed E-state index contributed by atoms with van der Waals surface area (Å²) in [6.07, 6.45) is 0.901. The zero-order valence-corrected chi connectivity index (χ0v) is 22.9. The molecule has 1 aliphatic heterocycles.